The van der Waals surface area contributed by atoms with Crippen molar-refractivity contribution in [1.82, 2.24) is 0 Å². The summed E-state index contributed by atoms with van der Waals surface area (Å²) >= 11 is 0. The van der Waals surface area contributed by atoms with E-state index < -0.39 is 5.97 Å². The molecule has 0 aromatic carbocycles. The van der Waals surface area contributed by atoms with Crippen molar-refractivity contribution < 1.29 is 9.90 Å². The van der Waals surface area contributed by atoms with Gasteiger partial charge in [0.1, 0.15) is 0 Å². The molecular weight excluding hydrogens is 164 g/mol. The lowest BCUT2D eigenvalue weighted by molar-refractivity contribution is -0.140. The predicted molar refractivity (Wildman–Crippen MR) is 54.6 cm³/mol. The number of hydrogen-bond acceptors (Lipinski definition) is 1. The molecule has 0 aromatic heterocycles. The summed E-state index contributed by atoms with van der Waals surface area (Å²) < 4.78 is 0. The van der Waals surface area contributed by atoms with E-state index in [4.69, 9.17) is 5.11 Å². The second-order valence-corrected chi connectivity index (χ2v) is 3.59. The summed E-state index contributed by atoms with van der Waals surface area (Å²) in [5, 5.41) is 8.83. The maximum atomic E-state index is 10.7. The quantitative estimate of drug-likeness (QED) is 0.641. The van der Waals surface area contributed by atoms with Crippen molar-refractivity contribution in [1.29, 1.82) is 0 Å². The highest BCUT2D eigenvalue weighted by atomic mass is 16.4. The minimum Gasteiger partial charge on any atom is -0.481 e. The van der Waals surface area contributed by atoms with Gasteiger partial charge in [-0.25, -0.2) is 0 Å². The minimum absolute atomic E-state index is 0.389. The van der Waals surface area contributed by atoms with Crippen LogP contribution in [0.3, 0.4) is 0 Å². The van der Waals surface area contributed by atoms with Gasteiger partial charge in [-0.15, -0.1) is 6.58 Å². The van der Waals surface area contributed by atoms with Crippen LogP contribution in [0.25, 0.3) is 0 Å². The Kier molecular flexibility index (Phi) is 5.12. The molecule has 0 heterocycles. The Labute approximate surface area is 80.0 Å². The van der Waals surface area contributed by atoms with Crippen LogP contribution in [0.1, 0.15) is 33.1 Å². The Morgan fingerprint density at radius 2 is 1.92 bits per heavy atom. The lowest BCUT2D eigenvalue weighted by Gasteiger charge is -2.11. The first-order chi connectivity index (χ1) is 5.95. The summed E-state index contributed by atoms with van der Waals surface area (Å²) in [6.07, 6.45) is 2.44. The summed E-state index contributed by atoms with van der Waals surface area (Å²) in [5.74, 6) is -1.16. The second-order valence-electron chi connectivity index (χ2n) is 3.59. The largest absolute Gasteiger partial charge is 0.481 e. The van der Waals surface area contributed by atoms with Crippen LogP contribution >= 0.6 is 0 Å². The maximum absolute atomic E-state index is 10.7. The van der Waals surface area contributed by atoms with E-state index in [1.807, 2.05) is 6.92 Å². The van der Waals surface area contributed by atoms with Gasteiger partial charge in [0, 0.05) is 0 Å². The first-order valence-electron chi connectivity index (χ1n) is 4.47. The van der Waals surface area contributed by atoms with Crippen LogP contribution in [-0.4, -0.2) is 11.1 Å². The Bertz CT molecular complexity index is 202. The van der Waals surface area contributed by atoms with E-state index in [2.05, 4.69) is 13.2 Å². The topological polar surface area (TPSA) is 37.3 Å². The van der Waals surface area contributed by atoms with Crippen molar-refractivity contribution in [3.05, 3.63) is 24.3 Å². The average Bonchev–Trinajstić information content (AvgIpc) is 1.95. The normalized spacial score (nSPS) is 12.2. The summed E-state index contributed by atoms with van der Waals surface area (Å²) in [7, 11) is 0. The zero-order valence-corrected chi connectivity index (χ0v) is 8.47. The maximum Gasteiger partial charge on any atom is 0.310 e. The van der Waals surface area contributed by atoms with Crippen molar-refractivity contribution in [2.45, 2.75) is 33.1 Å². The van der Waals surface area contributed by atoms with Crippen LogP contribution in [-0.2, 0) is 4.79 Å². The number of aliphatic carboxylic acids is 1. The molecule has 0 saturated heterocycles. The van der Waals surface area contributed by atoms with E-state index in [-0.39, 0.29) is 5.92 Å². The number of carbonyl (C=O) groups is 1. The van der Waals surface area contributed by atoms with Crippen molar-refractivity contribution in [2.24, 2.45) is 5.92 Å². The minimum atomic E-state index is -0.769. The van der Waals surface area contributed by atoms with Crippen molar-refractivity contribution in [3.8, 4) is 0 Å². The van der Waals surface area contributed by atoms with Gasteiger partial charge in [-0.05, 0) is 33.1 Å². The second kappa shape index (κ2) is 5.57. The van der Waals surface area contributed by atoms with Crippen molar-refractivity contribution in [3.63, 3.8) is 0 Å². The zero-order valence-electron chi connectivity index (χ0n) is 8.47. The third-order valence-electron chi connectivity index (χ3n) is 1.99. The molecule has 0 aliphatic rings. The average molecular weight is 182 g/mol. The van der Waals surface area contributed by atoms with Gasteiger partial charge in [0.05, 0.1) is 5.92 Å². The number of rotatable bonds is 6. The highest BCUT2D eigenvalue weighted by molar-refractivity contribution is 5.73. The fourth-order valence-corrected chi connectivity index (χ4v) is 1.19. The highest BCUT2D eigenvalue weighted by Crippen LogP contribution is 2.17. The lowest BCUT2D eigenvalue weighted by atomic mass is 9.95. The molecule has 13 heavy (non-hydrogen) atoms. The van der Waals surface area contributed by atoms with Gasteiger partial charge < -0.3 is 5.11 Å². The Hall–Kier alpha value is -1.05. The van der Waals surface area contributed by atoms with Crippen LogP contribution in [0, 0.1) is 5.92 Å². The Balaban J connectivity index is 3.91. The summed E-state index contributed by atoms with van der Waals surface area (Å²) in [4.78, 5) is 10.7. The third-order valence-corrected chi connectivity index (χ3v) is 1.99. The van der Waals surface area contributed by atoms with E-state index >= 15 is 0 Å². The highest BCUT2D eigenvalue weighted by Gasteiger charge is 2.16. The van der Waals surface area contributed by atoms with Gasteiger partial charge in [0.25, 0.3) is 0 Å². The van der Waals surface area contributed by atoms with Crippen LogP contribution in [0.5, 0.6) is 0 Å². The molecule has 0 aromatic rings. The smallest absolute Gasteiger partial charge is 0.310 e. The fourth-order valence-electron chi connectivity index (χ4n) is 1.19. The van der Waals surface area contributed by atoms with Crippen LogP contribution < -0.4 is 0 Å². The van der Waals surface area contributed by atoms with Gasteiger partial charge in [-0.2, -0.15) is 0 Å². The van der Waals surface area contributed by atoms with E-state index in [0.717, 1.165) is 24.0 Å². The van der Waals surface area contributed by atoms with Gasteiger partial charge in [0.2, 0.25) is 0 Å². The Morgan fingerprint density at radius 1 is 1.38 bits per heavy atom. The number of hydrogen-bond donors (Lipinski definition) is 1. The molecule has 1 unspecified atom stereocenters. The first kappa shape index (κ1) is 11.9. The number of carboxylic acid groups (broad SMARTS) is 1. The predicted octanol–water partition coefficient (Wildman–Crippen LogP) is 3.01. The fraction of sp³-hybridized carbons (Fsp3) is 0.545. The van der Waals surface area contributed by atoms with Crippen LogP contribution in [0.2, 0.25) is 0 Å². The molecule has 0 amide bonds. The third kappa shape index (κ3) is 5.23. The van der Waals surface area contributed by atoms with Gasteiger partial charge >= 0.3 is 5.97 Å². The molecule has 2 heteroatoms. The van der Waals surface area contributed by atoms with E-state index in [0.29, 0.717) is 6.42 Å². The standard InChI is InChI=1S/C11H18O2/c1-8(2)6-5-7-10(9(3)4)11(12)13/h10H,1,3,5-7H2,2,4H3,(H,12,13). The molecule has 0 spiro atoms. The Morgan fingerprint density at radius 3 is 2.23 bits per heavy atom. The lowest BCUT2D eigenvalue weighted by Crippen LogP contribution is -2.14. The molecule has 0 bridgehead atoms. The molecule has 0 saturated carbocycles. The SMILES string of the molecule is C=C(C)CCCC(C(=C)C)C(=O)O. The monoisotopic (exact) mass is 182 g/mol. The molecule has 0 radical (unpaired) electrons. The van der Waals surface area contributed by atoms with Crippen LogP contribution in [0.4, 0.5) is 0 Å². The molecule has 0 aliphatic heterocycles. The van der Waals surface area contributed by atoms with Crippen molar-refractivity contribution in [2.75, 3.05) is 0 Å². The molecule has 1 N–H and O–H groups in total. The summed E-state index contributed by atoms with van der Waals surface area (Å²) in [5.41, 5.74) is 1.83. The molecule has 2 nitrogen and oxygen atoms in total. The number of carboxylic acids is 1. The molecule has 0 aliphatic carbocycles. The van der Waals surface area contributed by atoms with E-state index in [1.165, 1.54) is 0 Å². The summed E-state index contributed by atoms with van der Waals surface area (Å²) in [6, 6.07) is 0. The van der Waals surface area contributed by atoms with Gasteiger partial charge in [-0.3, -0.25) is 4.79 Å². The first-order valence-corrected chi connectivity index (χ1v) is 4.47. The molecular formula is C11H18O2. The van der Waals surface area contributed by atoms with E-state index in [9.17, 15) is 4.79 Å². The molecule has 0 fully saturated rings. The van der Waals surface area contributed by atoms with E-state index in [1.54, 1.807) is 6.92 Å². The molecule has 74 valence electrons. The zero-order chi connectivity index (χ0) is 10.4. The molecule has 0 rings (SSSR count). The molecule has 1 atom stereocenters. The summed E-state index contributed by atoms with van der Waals surface area (Å²) in [6.45, 7) is 11.2. The number of allylic oxidation sites excluding steroid dienone is 1. The van der Waals surface area contributed by atoms with Crippen molar-refractivity contribution >= 4 is 5.97 Å². The van der Waals surface area contributed by atoms with Gasteiger partial charge in [0.15, 0.2) is 0 Å². The van der Waals surface area contributed by atoms with Gasteiger partial charge in [-0.1, -0.05) is 17.7 Å². The van der Waals surface area contributed by atoms with Crippen LogP contribution in [0.15, 0.2) is 24.3 Å².